The van der Waals surface area contributed by atoms with Crippen LogP contribution in [0.1, 0.15) is 17.0 Å². The van der Waals surface area contributed by atoms with E-state index < -0.39 is 0 Å². The molecule has 3 N–H and O–H groups in total. The number of quaternary nitrogens is 1. The largest absolute Gasteiger partial charge is 0.468 e. The summed E-state index contributed by atoms with van der Waals surface area (Å²) in [6.07, 6.45) is 0. The monoisotopic (exact) mass is 194 g/mol. The van der Waals surface area contributed by atoms with Gasteiger partial charge in [0.05, 0.1) is 13.7 Å². The lowest BCUT2D eigenvalue weighted by Gasteiger charge is -2.11. The fourth-order valence-corrected chi connectivity index (χ4v) is 1.45. The van der Waals surface area contributed by atoms with Crippen LogP contribution >= 0.6 is 0 Å². The third kappa shape index (κ3) is 2.33. The summed E-state index contributed by atoms with van der Waals surface area (Å²) in [6.45, 7) is 2.52. The first-order valence-corrected chi connectivity index (χ1v) is 4.62. The van der Waals surface area contributed by atoms with E-state index in [0.717, 1.165) is 11.1 Å². The fraction of sp³-hybridized carbons (Fsp3) is 0.364. The lowest BCUT2D eigenvalue weighted by molar-refractivity contribution is -0.370. The number of hydrogen-bond donors (Lipinski definition) is 1. The van der Waals surface area contributed by atoms with E-state index in [1.165, 1.54) is 7.11 Å². The Balaban J connectivity index is 2.94. The van der Waals surface area contributed by atoms with Crippen LogP contribution in [-0.4, -0.2) is 19.6 Å². The highest BCUT2D eigenvalue weighted by atomic mass is 16.5. The van der Waals surface area contributed by atoms with Crippen molar-refractivity contribution in [3.05, 3.63) is 35.4 Å². The number of hydrogen-bond acceptors (Lipinski definition) is 2. The maximum absolute atomic E-state index is 11.4. The Labute approximate surface area is 83.9 Å². The van der Waals surface area contributed by atoms with Gasteiger partial charge in [-0.2, -0.15) is 0 Å². The molecule has 1 aromatic carbocycles. The molecular formula is C11H16NO2+. The molecule has 1 atom stereocenters. The molecule has 3 heteroatoms. The molecule has 0 heterocycles. The molecule has 0 amide bonds. The smallest absolute Gasteiger partial charge is 0.318 e. The van der Waals surface area contributed by atoms with Gasteiger partial charge in [-0.05, 0) is 12.5 Å². The van der Waals surface area contributed by atoms with Gasteiger partial charge in [-0.15, -0.1) is 0 Å². The van der Waals surface area contributed by atoms with Crippen molar-refractivity contribution in [2.75, 3.05) is 13.7 Å². The van der Waals surface area contributed by atoms with Gasteiger partial charge in [0.2, 0.25) is 0 Å². The minimum atomic E-state index is -0.236. The molecule has 0 fully saturated rings. The maximum Gasteiger partial charge on any atom is 0.318 e. The number of esters is 1. The molecule has 0 spiro atoms. The predicted molar refractivity (Wildman–Crippen MR) is 53.7 cm³/mol. The Hall–Kier alpha value is -1.35. The zero-order valence-electron chi connectivity index (χ0n) is 8.62. The molecule has 0 aliphatic heterocycles. The third-order valence-corrected chi connectivity index (χ3v) is 2.22. The third-order valence-electron chi connectivity index (χ3n) is 2.22. The van der Waals surface area contributed by atoms with Crippen molar-refractivity contribution in [2.24, 2.45) is 0 Å². The second-order valence-electron chi connectivity index (χ2n) is 3.28. The molecule has 1 unspecified atom stereocenters. The summed E-state index contributed by atoms with van der Waals surface area (Å²) in [4.78, 5) is 11.4. The fourth-order valence-electron chi connectivity index (χ4n) is 1.45. The molecule has 1 rings (SSSR count). The molecule has 76 valence electrons. The zero-order valence-corrected chi connectivity index (χ0v) is 8.62. The highest BCUT2D eigenvalue weighted by molar-refractivity contribution is 5.78. The first-order valence-electron chi connectivity index (χ1n) is 4.62. The van der Waals surface area contributed by atoms with Crippen LogP contribution in [0.5, 0.6) is 0 Å². The van der Waals surface area contributed by atoms with E-state index in [4.69, 9.17) is 4.74 Å². The van der Waals surface area contributed by atoms with Crippen LogP contribution in [0.15, 0.2) is 24.3 Å². The summed E-state index contributed by atoms with van der Waals surface area (Å²) in [6, 6.07) is 7.86. The van der Waals surface area contributed by atoms with Crippen LogP contribution in [0.3, 0.4) is 0 Å². The van der Waals surface area contributed by atoms with Gasteiger partial charge in [-0.3, -0.25) is 4.79 Å². The Kier molecular flexibility index (Phi) is 3.65. The number of carbonyl (C=O) groups excluding carboxylic acids is 1. The van der Waals surface area contributed by atoms with Crippen molar-refractivity contribution in [3.63, 3.8) is 0 Å². The molecule has 0 saturated carbocycles. The summed E-state index contributed by atoms with van der Waals surface area (Å²) in [5.74, 6) is -0.453. The second kappa shape index (κ2) is 4.77. The van der Waals surface area contributed by atoms with Crippen LogP contribution in [0.4, 0.5) is 0 Å². The maximum atomic E-state index is 11.4. The minimum absolute atomic E-state index is 0.217. The highest BCUT2D eigenvalue weighted by Gasteiger charge is 2.21. The number of ether oxygens (including phenoxy) is 1. The summed E-state index contributed by atoms with van der Waals surface area (Å²) in [5, 5.41) is 0. The van der Waals surface area contributed by atoms with Gasteiger partial charge in [0.15, 0.2) is 0 Å². The first-order chi connectivity index (χ1) is 6.69. The van der Waals surface area contributed by atoms with Crippen LogP contribution in [0.25, 0.3) is 0 Å². The van der Waals surface area contributed by atoms with Gasteiger partial charge in [0, 0.05) is 0 Å². The molecule has 0 saturated heterocycles. The summed E-state index contributed by atoms with van der Waals surface area (Å²) >= 11 is 0. The van der Waals surface area contributed by atoms with Crippen molar-refractivity contribution in [3.8, 4) is 0 Å². The van der Waals surface area contributed by atoms with E-state index in [1.54, 1.807) is 0 Å². The summed E-state index contributed by atoms with van der Waals surface area (Å²) in [7, 11) is 1.40. The van der Waals surface area contributed by atoms with Gasteiger partial charge in [0.25, 0.3) is 0 Å². The number of methoxy groups -OCH3 is 1. The van der Waals surface area contributed by atoms with Crippen molar-refractivity contribution in [1.82, 2.24) is 0 Å². The standard InChI is InChI=1S/C11H15NO2/c1-8-4-3-5-9(6-8)10(7-12)11(13)14-2/h3-6,10H,7,12H2,1-2H3/p+1. The number of aryl methyl sites for hydroxylation is 1. The normalized spacial score (nSPS) is 12.2. The van der Waals surface area contributed by atoms with Crippen molar-refractivity contribution >= 4 is 5.97 Å². The van der Waals surface area contributed by atoms with Gasteiger partial charge < -0.3 is 10.5 Å². The number of carbonyl (C=O) groups is 1. The van der Waals surface area contributed by atoms with Gasteiger partial charge >= 0.3 is 5.97 Å². The SMILES string of the molecule is COC(=O)C(C[NH3+])c1cccc(C)c1. The highest BCUT2D eigenvalue weighted by Crippen LogP contribution is 2.16. The van der Waals surface area contributed by atoms with E-state index in [-0.39, 0.29) is 11.9 Å². The Morgan fingerprint density at radius 3 is 2.79 bits per heavy atom. The average Bonchev–Trinajstić information content (AvgIpc) is 2.19. The molecular weight excluding hydrogens is 178 g/mol. The van der Waals surface area contributed by atoms with Crippen molar-refractivity contribution < 1.29 is 15.3 Å². The lowest BCUT2D eigenvalue weighted by Crippen LogP contribution is -2.54. The minimum Gasteiger partial charge on any atom is -0.468 e. The first kappa shape index (κ1) is 10.7. The molecule has 0 aliphatic carbocycles. The van der Waals surface area contributed by atoms with E-state index in [2.05, 4.69) is 5.73 Å². The molecule has 1 aromatic rings. The van der Waals surface area contributed by atoms with E-state index in [1.807, 2.05) is 31.2 Å². The Morgan fingerprint density at radius 1 is 1.57 bits per heavy atom. The van der Waals surface area contributed by atoms with Gasteiger partial charge in [-0.1, -0.05) is 29.8 Å². The van der Waals surface area contributed by atoms with E-state index >= 15 is 0 Å². The summed E-state index contributed by atoms with van der Waals surface area (Å²) in [5.41, 5.74) is 5.88. The van der Waals surface area contributed by atoms with Crippen LogP contribution in [0.2, 0.25) is 0 Å². The average molecular weight is 194 g/mol. The Morgan fingerprint density at radius 2 is 2.29 bits per heavy atom. The van der Waals surface area contributed by atoms with E-state index in [9.17, 15) is 4.79 Å². The van der Waals surface area contributed by atoms with Crippen LogP contribution < -0.4 is 5.73 Å². The second-order valence-corrected chi connectivity index (χ2v) is 3.28. The molecule has 0 bridgehead atoms. The molecule has 14 heavy (non-hydrogen) atoms. The van der Waals surface area contributed by atoms with Crippen LogP contribution in [-0.2, 0) is 9.53 Å². The summed E-state index contributed by atoms with van der Waals surface area (Å²) < 4.78 is 4.72. The zero-order chi connectivity index (χ0) is 10.6. The Bertz CT molecular complexity index is 323. The molecule has 0 aromatic heterocycles. The van der Waals surface area contributed by atoms with Crippen LogP contribution in [0, 0.1) is 6.92 Å². The van der Waals surface area contributed by atoms with Crippen molar-refractivity contribution in [1.29, 1.82) is 0 Å². The molecule has 0 radical (unpaired) electrons. The van der Waals surface area contributed by atoms with E-state index in [0.29, 0.717) is 6.54 Å². The lowest BCUT2D eigenvalue weighted by atomic mass is 9.98. The number of benzene rings is 1. The predicted octanol–water partition coefficient (Wildman–Crippen LogP) is 0.494. The quantitative estimate of drug-likeness (QED) is 0.712. The molecule has 3 nitrogen and oxygen atoms in total. The van der Waals surface area contributed by atoms with Gasteiger partial charge in [-0.25, -0.2) is 0 Å². The topological polar surface area (TPSA) is 53.9 Å². The van der Waals surface area contributed by atoms with Gasteiger partial charge in [0.1, 0.15) is 5.92 Å². The van der Waals surface area contributed by atoms with Crippen molar-refractivity contribution in [2.45, 2.75) is 12.8 Å². The molecule has 0 aliphatic rings. The number of rotatable bonds is 3.